The Labute approximate surface area is 218 Å². The molecule has 4 rings (SSSR count). The third kappa shape index (κ3) is 6.56. The van der Waals surface area contributed by atoms with Crippen LogP contribution in [0.2, 0.25) is 0 Å². The topological polar surface area (TPSA) is 83.3 Å². The molecule has 3 aromatic carbocycles. The average molecular weight is 512 g/mol. The van der Waals surface area contributed by atoms with Crippen LogP contribution in [0.1, 0.15) is 28.1 Å². The van der Waals surface area contributed by atoms with Gasteiger partial charge in [-0.3, -0.25) is 14.8 Å². The van der Waals surface area contributed by atoms with Crippen LogP contribution in [0.25, 0.3) is 11.3 Å². The largest absolute Gasteiger partial charge is 0.551 e. The second-order valence-corrected chi connectivity index (χ2v) is 7.75. The predicted octanol–water partition coefficient (Wildman–Crippen LogP) is 4.61. The van der Waals surface area contributed by atoms with Crippen molar-refractivity contribution in [1.82, 2.24) is 9.97 Å². The standard InChI is InChI=1S/C27H23N2O3.Y/c1-18-13-21(9-12-27(18)32)26-17-28-24(25(29-26)15-19-5-3-2-4-6-19)16-23(31)14-20-7-10-22(30)11-8-20;/h2-12,17,30,32H,14-16H2,1H3;/q-1;. The molecule has 0 aliphatic heterocycles. The summed E-state index contributed by atoms with van der Waals surface area (Å²) >= 11 is 0. The number of aryl methyl sites for hydroxylation is 1. The summed E-state index contributed by atoms with van der Waals surface area (Å²) in [4.78, 5) is 22.2. The fourth-order valence-electron chi connectivity index (χ4n) is 3.50. The molecular weight excluding hydrogens is 489 g/mol. The van der Waals surface area contributed by atoms with Crippen molar-refractivity contribution in [2.24, 2.45) is 0 Å². The second kappa shape index (κ2) is 11.3. The summed E-state index contributed by atoms with van der Waals surface area (Å²) < 4.78 is 0. The van der Waals surface area contributed by atoms with Crippen molar-refractivity contribution < 1.29 is 47.7 Å². The van der Waals surface area contributed by atoms with Gasteiger partial charge in [0.25, 0.3) is 0 Å². The van der Waals surface area contributed by atoms with Crippen LogP contribution in [-0.2, 0) is 56.8 Å². The molecule has 5 nitrogen and oxygen atoms in total. The summed E-state index contributed by atoms with van der Waals surface area (Å²) in [7, 11) is 0. The minimum Gasteiger partial charge on any atom is -0.551 e. The Bertz CT molecular complexity index is 1240. The third-order valence-electron chi connectivity index (χ3n) is 5.24. The molecule has 2 N–H and O–H groups in total. The van der Waals surface area contributed by atoms with Gasteiger partial charge < -0.3 is 10.2 Å². The predicted molar refractivity (Wildman–Crippen MR) is 122 cm³/mol. The zero-order valence-corrected chi connectivity index (χ0v) is 21.2. The van der Waals surface area contributed by atoms with Gasteiger partial charge in [-0.05, 0) is 23.3 Å². The number of hydrogen-bond donors (Lipinski definition) is 2. The van der Waals surface area contributed by atoms with E-state index in [1.807, 2.05) is 30.3 Å². The van der Waals surface area contributed by atoms with E-state index in [9.17, 15) is 15.0 Å². The van der Waals surface area contributed by atoms with E-state index in [0.29, 0.717) is 23.4 Å². The SMILES string of the molecule is Cc1[c-]c(-c2cnc(CC(=O)Cc3ccc(O)cc3)c(Cc3ccccc3)n2)ccc1O.[Y]. The number of aromatic nitrogens is 2. The van der Waals surface area contributed by atoms with Crippen LogP contribution in [0, 0.1) is 13.0 Å². The van der Waals surface area contributed by atoms with E-state index in [-0.39, 0.29) is 62.8 Å². The molecule has 1 heterocycles. The van der Waals surface area contributed by atoms with Crippen LogP contribution in [0.4, 0.5) is 0 Å². The first-order valence-electron chi connectivity index (χ1n) is 10.4. The number of phenols is 2. The molecule has 0 fully saturated rings. The molecule has 0 aliphatic rings. The van der Waals surface area contributed by atoms with Crippen molar-refractivity contribution in [3.8, 4) is 22.8 Å². The fraction of sp³-hybridized carbons (Fsp3) is 0.148. The van der Waals surface area contributed by atoms with Crippen molar-refractivity contribution in [2.45, 2.75) is 26.2 Å². The molecule has 4 aromatic rings. The second-order valence-electron chi connectivity index (χ2n) is 7.75. The molecule has 0 saturated carbocycles. The zero-order valence-electron chi connectivity index (χ0n) is 18.3. The number of nitrogens with zero attached hydrogens (tertiary/aromatic N) is 2. The Balaban J connectivity index is 0.00000306. The van der Waals surface area contributed by atoms with Gasteiger partial charge in [-0.1, -0.05) is 55.0 Å². The van der Waals surface area contributed by atoms with Crippen LogP contribution < -0.4 is 0 Å². The maximum Gasteiger partial charge on any atom is 0.143 e. The molecule has 0 saturated heterocycles. The van der Waals surface area contributed by atoms with Crippen LogP contribution >= 0.6 is 0 Å². The molecular formula is C27H23N2O3Y-. The van der Waals surface area contributed by atoms with Gasteiger partial charge in [-0.15, -0.1) is 23.8 Å². The van der Waals surface area contributed by atoms with Crippen LogP contribution in [0.3, 0.4) is 0 Å². The Hall–Kier alpha value is -2.89. The van der Waals surface area contributed by atoms with Gasteiger partial charge in [0.2, 0.25) is 0 Å². The number of carbonyl (C=O) groups excluding carboxylic acids is 1. The first-order chi connectivity index (χ1) is 15.5. The van der Waals surface area contributed by atoms with E-state index in [2.05, 4.69) is 11.1 Å². The van der Waals surface area contributed by atoms with Crippen LogP contribution in [-0.4, -0.2) is 26.0 Å². The molecule has 1 radical (unpaired) electrons. The van der Waals surface area contributed by atoms with E-state index < -0.39 is 0 Å². The normalized spacial score (nSPS) is 10.5. The summed E-state index contributed by atoms with van der Waals surface area (Å²) in [6.07, 6.45) is 2.65. The number of benzene rings is 3. The Morgan fingerprint density at radius 2 is 1.61 bits per heavy atom. The Morgan fingerprint density at radius 3 is 2.30 bits per heavy atom. The first kappa shape index (κ1) is 24.8. The summed E-state index contributed by atoms with van der Waals surface area (Å²) in [6.45, 7) is 1.79. The van der Waals surface area contributed by atoms with E-state index in [0.717, 1.165) is 22.4 Å². The number of phenolic OH excluding ortho intramolecular Hbond substituents is 2. The molecule has 0 atom stereocenters. The van der Waals surface area contributed by atoms with Crippen molar-refractivity contribution >= 4 is 5.78 Å². The number of carbonyl (C=O) groups is 1. The van der Waals surface area contributed by atoms with Crippen molar-refractivity contribution in [1.29, 1.82) is 0 Å². The van der Waals surface area contributed by atoms with E-state index in [1.54, 1.807) is 49.5 Å². The number of aromatic hydroxyl groups is 2. The van der Waals surface area contributed by atoms with Gasteiger partial charge >= 0.3 is 0 Å². The van der Waals surface area contributed by atoms with Crippen LogP contribution in [0.5, 0.6) is 11.5 Å². The smallest absolute Gasteiger partial charge is 0.143 e. The monoisotopic (exact) mass is 512 g/mol. The first-order valence-corrected chi connectivity index (χ1v) is 10.4. The molecule has 0 amide bonds. The van der Waals surface area contributed by atoms with Gasteiger partial charge in [-0.2, -0.15) is 0 Å². The number of ketones is 1. The maximum absolute atomic E-state index is 12.7. The summed E-state index contributed by atoms with van der Waals surface area (Å²) in [6, 6.07) is 23.1. The molecule has 1 aromatic heterocycles. The molecule has 0 unspecified atom stereocenters. The maximum atomic E-state index is 12.7. The van der Waals surface area contributed by atoms with Gasteiger partial charge in [0.15, 0.2) is 0 Å². The van der Waals surface area contributed by atoms with Crippen molar-refractivity contribution in [3.05, 3.63) is 107 Å². The minimum absolute atomic E-state index is 0. The minimum atomic E-state index is 0. The van der Waals surface area contributed by atoms with E-state index in [4.69, 9.17) is 4.98 Å². The van der Waals surface area contributed by atoms with E-state index in [1.165, 1.54) is 0 Å². The van der Waals surface area contributed by atoms with Crippen molar-refractivity contribution in [3.63, 3.8) is 0 Å². The van der Waals surface area contributed by atoms with Gasteiger partial charge in [-0.25, -0.2) is 0 Å². The third-order valence-corrected chi connectivity index (χ3v) is 5.24. The quantitative estimate of drug-likeness (QED) is 0.354. The van der Waals surface area contributed by atoms with Gasteiger partial charge in [0.1, 0.15) is 11.5 Å². The molecule has 33 heavy (non-hydrogen) atoms. The Kier molecular flexibility index (Phi) is 8.48. The number of rotatable bonds is 7. The molecule has 6 heteroatoms. The molecule has 0 aliphatic carbocycles. The van der Waals surface area contributed by atoms with Crippen molar-refractivity contribution in [2.75, 3.05) is 0 Å². The fourth-order valence-corrected chi connectivity index (χ4v) is 3.50. The van der Waals surface area contributed by atoms with Gasteiger partial charge in [0, 0.05) is 63.2 Å². The summed E-state index contributed by atoms with van der Waals surface area (Å²) in [5, 5.41) is 19.2. The zero-order chi connectivity index (χ0) is 22.5. The molecule has 0 bridgehead atoms. The van der Waals surface area contributed by atoms with Gasteiger partial charge in [0.05, 0.1) is 17.8 Å². The molecule has 0 spiro atoms. The summed E-state index contributed by atoms with van der Waals surface area (Å²) in [5.41, 5.74) is 5.34. The average Bonchev–Trinajstić information content (AvgIpc) is 2.79. The summed E-state index contributed by atoms with van der Waals surface area (Å²) in [5.74, 6) is 0.385. The van der Waals surface area contributed by atoms with Crippen LogP contribution in [0.15, 0.2) is 72.9 Å². The van der Waals surface area contributed by atoms with E-state index >= 15 is 0 Å². The number of Topliss-reactive ketones (excluding diaryl/α,β-unsaturated/α-hetero) is 1. The molecule has 163 valence electrons. The Morgan fingerprint density at radius 1 is 0.879 bits per heavy atom. The number of hydrogen-bond acceptors (Lipinski definition) is 5.